The Kier molecular flexibility index (Phi) is 5.97. The van der Waals surface area contributed by atoms with Crippen LogP contribution in [0.3, 0.4) is 0 Å². The van der Waals surface area contributed by atoms with E-state index >= 15 is 0 Å². The standard InChI is InChI=1S/C12H16ClNO3/c1-16-7-4-8-17-12(15)11(14)9-5-2-3-6-10(9)13/h2-3,5-6,11H,4,7-8,14H2,1H3/t11-/m1/s1. The van der Waals surface area contributed by atoms with E-state index in [-0.39, 0.29) is 0 Å². The summed E-state index contributed by atoms with van der Waals surface area (Å²) in [5.41, 5.74) is 6.34. The highest BCUT2D eigenvalue weighted by Crippen LogP contribution is 2.21. The average molecular weight is 258 g/mol. The van der Waals surface area contributed by atoms with E-state index in [4.69, 9.17) is 26.8 Å². The second-order valence-electron chi connectivity index (χ2n) is 3.51. The lowest BCUT2D eigenvalue weighted by Gasteiger charge is -2.12. The van der Waals surface area contributed by atoms with Gasteiger partial charge in [0.25, 0.3) is 0 Å². The minimum Gasteiger partial charge on any atom is -0.464 e. The number of ether oxygens (including phenoxy) is 2. The molecule has 0 radical (unpaired) electrons. The van der Waals surface area contributed by atoms with E-state index in [1.54, 1.807) is 31.4 Å². The summed E-state index contributed by atoms with van der Waals surface area (Å²) in [4.78, 5) is 11.6. The maximum Gasteiger partial charge on any atom is 0.327 e. The van der Waals surface area contributed by atoms with Crippen LogP contribution in [-0.4, -0.2) is 26.3 Å². The smallest absolute Gasteiger partial charge is 0.327 e. The molecule has 4 nitrogen and oxygen atoms in total. The van der Waals surface area contributed by atoms with Gasteiger partial charge in [0.1, 0.15) is 6.04 Å². The maximum atomic E-state index is 11.6. The van der Waals surface area contributed by atoms with Gasteiger partial charge >= 0.3 is 5.97 Å². The molecule has 0 unspecified atom stereocenters. The molecule has 0 bridgehead atoms. The number of carbonyl (C=O) groups excluding carboxylic acids is 1. The molecular weight excluding hydrogens is 242 g/mol. The summed E-state index contributed by atoms with van der Waals surface area (Å²) in [6.07, 6.45) is 0.650. The SMILES string of the molecule is COCCCOC(=O)[C@H](N)c1ccccc1Cl. The molecule has 0 aliphatic carbocycles. The zero-order chi connectivity index (χ0) is 12.7. The molecular formula is C12H16ClNO3. The number of hydrogen-bond donors (Lipinski definition) is 1. The van der Waals surface area contributed by atoms with Crippen molar-refractivity contribution >= 4 is 17.6 Å². The summed E-state index contributed by atoms with van der Waals surface area (Å²) in [7, 11) is 1.59. The Morgan fingerprint density at radius 1 is 1.41 bits per heavy atom. The number of halogens is 1. The fourth-order valence-electron chi connectivity index (χ4n) is 1.32. The van der Waals surface area contributed by atoms with Gasteiger partial charge in [-0.05, 0) is 11.6 Å². The lowest BCUT2D eigenvalue weighted by molar-refractivity contribution is -0.145. The van der Waals surface area contributed by atoms with Gasteiger partial charge in [-0.15, -0.1) is 0 Å². The maximum absolute atomic E-state index is 11.6. The number of benzene rings is 1. The van der Waals surface area contributed by atoms with E-state index in [0.717, 1.165) is 0 Å². The van der Waals surface area contributed by atoms with Crippen molar-refractivity contribution in [3.63, 3.8) is 0 Å². The molecule has 1 atom stereocenters. The van der Waals surface area contributed by atoms with Crippen LogP contribution >= 0.6 is 11.6 Å². The van der Waals surface area contributed by atoms with Crippen LogP contribution in [0.25, 0.3) is 0 Å². The molecule has 17 heavy (non-hydrogen) atoms. The third-order valence-corrected chi connectivity index (χ3v) is 2.58. The highest BCUT2D eigenvalue weighted by molar-refractivity contribution is 6.31. The molecule has 1 aromatic carbocycles. The van der Waals surface area contributed by atoms with Gasteiger partial charge in [0, 0.05) is 25.2 Å². The second-order valence-corrected chi connectivity index (χ2v) is 3.92. The minimum absolute atomic E-state index is 0.296. The largest absolute Gasteiger partial charge is 0.464 e. The quantitative estimate of drug-likeness (QED) is 0.625. The van der Waals surface area contributed by atoms with Crippen LogP contribution in [-0.2, 0) is 14.3 Å². The van der Waals surface area contributed by atoms with Gasteiger partial charge in [0.05, 0.1) is 6.61 Å². The number of carbonyl (C=O) groups is 1. The Morgan fingerprint density at radius 2 is 2.12 bits per heavy atom. The van der Waals surface area contributed by atoms with Crippen molar-refractivity contribution in [1.29, 1.82) is 0 Å². The van der Waals surface area contributed by atoms with E-state index in [2.05, 4.69) is 0 Å². The summed E-state index contributed by atoms with van der Waals surface area (Å²) in [5, 5.41) is 0.467. The Morgan fingerprint density at radius 3 is 2.76 bits per heavy atom. The van der Waals surface area contributed by atoms with Crippen molar-refractivity contribution in [1.82, 2.24) is 0 Å². The first kappa shape index (κ1) is 14.0. The predicted molar refractivity (Wildman–Crippen MR) is 65.8 cm³/mol. The Bertz CT molecular complexity index is 371. The third kappa shape index (κ3) is 4.34. The van der Waals surface area contributed by atoms with Crippen LogP contribution in [0.5, 0.6) is 0 Å². The molecule has 1 rings (SSSR count). The van der Waals surface area contributed by atoms with Crippen LogP contribution in [0.1, 0.15) is 18.0 Å². The first-order valence-electron chi connectivity index (χ1n) is 5.32. The molecule has 0 aliphatic heterocycles. The monoisotopic (exact) mass is 257 g/mol. The van der Waals surface area contributed by atoms with Gasteiger partial charge in [-0.1, -0.05) is 29.8 Å². The van der Waals surface area contributed by atoms with Crippen molar-refractivity contribution in [3.8, 4) is 0 Å². The number of methoxy groups -OCH3 is 1. The van der Waals surface area contributed by atoms with Gasteiger partial charge in [-0.3, -0.25) is 0 Å². The van der Waals surface area contributed by atoms with Gasteiger partial charge in [-0.2, -0.15) is 0 Å². The number of rotatable bonds is 6. The molecule has 94 valence electrons. The number of esters is 1. The molecule has 0 fully saturated rings. The van der Waals surface area contributed by atoms with Crippen LogP contribution in [0.15, 0.2) is 24.3 Å². The molecule has 0 amide bonds. The zero-order valence-corrected chi connectivity index (χ0v) is 10.4. The van der Waals surface area contributed by atoms with Gasteiger partial charge < -0.3 is 15.2 Å². The molecule has 0 saturated heterocycles. The van der Waals surface area contributed by atoms with Crippen molar-refractivity contribution in [3.05, 3.63) is 34.9 Å². The Hall–Kier alpha value is -1.10. The normalized spacial score (nSPS) is 12.2. The van der Waals surface area contributed by atoms with E-state index in [9.17, 15) is 4.79 Å². The zero-order valence-electron chi connectivity index (χ0n) is 9.69. The number of nitrogens with two attached hydrogens (primary N) is 1. The topological polar surface area (TPSA) is 61.5 Å². The van der Waals surface area contributed by atoms with Crippen molar-refractivity contribution in [2.45, 2.75) is 12.5 Å². The minimum atomic E-state index is -0.841. The van der Waals surface area contributed by atoms with Gasteiger partial charge in [-0.25, -0.2) is 4.79 Å². The van der Waals surface area contributed by atoms with Crippen LogP contribution < -0.4 is 5.73 Å². The molecule has 2 N–H and O–H groups in total. The number of hydrogen-bond acceptors (Lipinski definition) is 4. The third-order valence-electron chi connectivity index (χ3n) is 2.23. The lowest BCUT2D eigenvalue weighted by atomic mass is 10.1. The fraction of sp³-hybridized carbons (Fsp3) is 0.417. The fourth-order valence-corrected chi connectivity index (χ4v) is 1.57. The summed E-state index contributed by atoms with van der Waals surface area (Å²) < 4.78 is 9.86. The van der Waals surface area contributed by atoms with Crippen LogP contribution in [0.4, 0.5) is 0 Å². The van der Waals surface area contributed by atoms with Crippen LogP contribution in [0, 0.1) is 0 Å². The van der Waals surface area contributed by atoms with Crippen molar-refractivity contribution < 1.29 is 14.3 Å². The van der Waals surface area contributed by atoms with Crippen LogP contribution in [0.2, 0.25) is 5.02 Å². The van der Waals surface area contributed by atoms with E-state index in [1.807, 2.05) is 0 Å². The molecule has 0 heterocycles. The Labute approximate surface area is 106 Å². The lowest BCUT2D eigenvalue weighted by Crippen LogP contribution is -2.24. The molecule has 0 aliphatic rings. The Balaban J connectivity index is 2.49. The van der Waals surface area contributed by atoms with Crippen molar-refractivity contribution in [2.75, 3.05) is 20.3 Å². The van der Waals surface area contributed by atoms with Gasteiger partial charge in [0.15, 0.2) is 0 Å². The molecule has 0 aromatic heterocycles. The first-order valence-corrected chi connectivity index (χ1v) is 5.70. The molecule has 0 spiro atoms. The highest BCUT2D eigenvalue weighted by Gasteiger charge is 2.19. The molecule has 0 saturated carbocycles. The highest BCUT2D eigenvalue weighted by atomic mass is 35.5. The molecule has 5 heteroatoms. The molecule has 1 aromatic rings. The second kappa shape index (κ2) is 7.27. The summed E-state index contributed by atoms with van der Waals surface area (Å²) >= 11 is 5.94. The van der Waals surface area contributed by atoms with Gasteiger partial charge in [0.2, 0.25) is 0 Å². The predicted octanol–water partition coefficient (Wildman–Crippen LogP) is 1.92. The van der Waals surface area contributed by atoms with E-state index < -0.39 is 12.0 Å². The average Bonchev–Trinajstić information content (AvgIpc) is 2.34. The van der Waals surface area contributed by atoms with Crippen molar-refractivity contribution in [2.24, 2.45) is 5.73 Å². The summed E-state index contributed by atoms with van der Waals surface area (Å²) in [6, 6.07) is 6.12. The van der Waals surface area contributed by atoms with E-state index in [1.165, 1.54) is 0 Å². The summed E-state index contributed by atoms with van der Waals surface area (Å²) in [5.74, 6) is -0.478. The van der Waals surface area contributed by atoms with E-state index in [0.29, 0.717) is 30.2 Å². The first-order chi connectivity index (χ1) is 8.16. The summed E-state index contributed by atoms with van der Waals surface area (Å²) in [6.45, 7) is 0.847.